The Morgan fingerprint density at radius 2 is 1.72 bits per heavy atom. The van der Waals surface area contributed by atoms with Crippen molar-refractivity contribution in [1.29, 1.82) is 0 Å². The molecule has 0 bridgehead atoms. The zero-order valence-electron chi connectivity index (χ0n) is 19.5. The molecule has 2 heterocycles. The van der Waals surface area contributed by atoms with Crippen LogP contribution in [-0.4, -0.2) is 42.3 Å². The monoisotopic (exact) mass is 520 g/mol. The number of halogens is 4. The number of nitrogens with one attached hydrogen (secondary N) is 3. The number of carbonyl (C=O) groups is 1. The van der Waals surface area contributed by atoms with Crippen LogP contribution in [0.2, 0.25) is 5.02 Å². The van der Waals surface area contributed by atoms with Crippen LogP contribution >= 0.6 is 11.6 Å². The van der Waals surface area contributed by atoms with Gasteiger partial charge in [0.15, 0.2) is 0 Å². The topological polar surface area (TPSA) is 91.4 Å². The Morgan fingerprint density at radius 1 is 1.00 bits per heavy atom. The number of urea groups is 1. The molecule has 3 N–H and O–H groups in total. The van der Waals surface area contributed by atoms with Crippen LogP contribution in [0.1, 0.15) is 17.0 Å². The summed E-state index contributed by atoms with van der Waals surface area (Å²) in [4.78, 5) is 23.6. The second-order valence-electron chi connectivity index (χ2n) is 8.18. The highest BCUT2D eigenvalue weighted by Crippen LogP contribution is 2.36. The summed E-state index contributed by atoms with van der Waals surface area (Å²) in [6.07, 6.45) is -4.64. The predicted molar refractivity (Wildman–Crippen MR) is 133 cm³/mol. The third kappa shape index (κ3) is 6.35. The molecule has 190 valence electrons. The molecule has 36 heavy (non-hydrogen) atoms. The van der Waals surface area contributed by atoms with Gasteiger partial charge in [-0.25, -0.2) is 14.8 Å². The first-order valence-electron chi connectivity index (χ1n) is 11.1. The molecule has 0 unspecified atom stereocenters. The van der Waals surface area contributed by atoms with Crippen LogP contribution in [0.5, 0.6) is 0 Å². The molecular formula is C24H24ClF3N6O2. The van der Waals surface area contributed by atoms with Gasteiger partial charge in [-0.3, -0.25) is 0 Å². The highest BCUT2D eigenvalue weighted by Gasteiger charge is 2.33. The SMILES string of the molecule is Cc1nc(Nc2ccc(C)c(NC(=O)Nc3ccc(Cl)c(C(F)(F)F)c3)c2)cc(N2CCOCC2)n1. The lowest BCUT2D eigenvalue weighted by molar-refractivity contribution is -0.137. The molecule has 1 fully saturated rings. The van der Waals surface area contributed by atoms with Gasteiger partial charge >= 0.3 is 12.2 Å². The minimum absolute atomic E-state index is 0.0386. The average Bonchev–Trinajstić information content (AvgIpc) is 2.82. The highest BCUT2D eigenvalue weighted by atomic mass is 35.5. The van der Waals surface area contributed by atoms with Crippen molar-refractivity contribution in [2.45, 2.75) is 20.0 Å². The van der Waals surface area contributed by atoms with Crippen molar-refractivity contribution in [1.82, 2.24) is 9.97 Å². The van der Waals surface area contributed by atoms with Crippen molar-refractivity contribution in [3.63, 3.8) is 0 Å². The fourth-order valence-electron chi connectivity index (χ4n) is 3.66. The molecule has 1 aromatic heterocycles. The quantitative estimate of drug-likeness (QED) is 0.383. The average molecular weight is 521 g/mol. The van der Waals surface area contributed by atoms with Crippen molar-refractivity contribution in [2.75, 3.05) is 47.2 Å². The lowest BCUT2D eigenvalue weighted by Crippen LogP contribution is -2.36. The zero-order chi connectivity index (χ0) is 25.9. The lowest BCUT2D eigenvalue weighted by atomic mass is 10.1. The van der Waals surface area contributed by atoms with Crippen LogP contribution in [0.4, 0.5) is 46.7 Å². The van der Waals surface area contributed by atoms with Crippen LogP contribution < -0.4 is 20.9 Å². The summed E-state index contributed by atoms with van der Waals surface area (Å²) in [5.74, 6) is 1.98. The largest absolute Gasteiger partial charge is 0.417 e. The third-order valence-corrected chi connectivity index (χ3v) is 5.78. The second kappa shape index (κ2) is 10.6. The standard InChI is InChI=1S/C24H24ClF3N6O2/c1-14-3-4-17(31-21-13-22(30-15(2)29-21)34-7-9-36-10-8-34)12-20(14)33-23(35)32-16-5-6-19(25)18(11-16)24(26,27)28/h3-6,11-13H,7-10H2,1-2H3,(H,29,30,31)(H2,32,33,35). The van der Waals surface area contributed by atoms with E-state index >= 15 is 0 Å². The molecule has 0 radical (unpaired) electrons. The number of nitrogens with zero attached hydrogens (tertiary/aromatic N) is 3. The highest BCUT2D eigenvalue weighted by molar-refractivity contribution is 6.31. The van der Waals surface area contributed by atoms with Crippen LogP contribution in [0, 0.1) is 13.8 Å². The number of hydrogen-bond donors (Lipinski definition) is 3. The molecule has 1 aliphatic rings. The lowest BCUT2D eigenvalue weighted by Gasteiger charge is -2.28. The number of carbonyl (C=O) groups excluding carboxylic acids is 1. The van der Waals surface area contributed by atoms with Crippen molar-refractivity contribution in [2.24, 2.45) is 0 Å². The Bertz CT molecular complexity index is 1270. The van der Waals surface area contributed by atoms with E-state index in [4.69, 9.17) is 16.3 Å². The first kappa shape index (κ1) is 25.5. The Hall–Kier alpha value is -3.57. The number of anilines is 5. The number of amides is 2. The summed E-state index contributed by atoms with van der Waals surface area (Å²) in [6, 6.07) is 9.67. The number of benzene rings is 2. The second-order valence-corrected chi connectivity index (χ2v) is 8.59. The van der Waals surface area contributed by atoms with E-state index in [9.17, 15) is 18.0 Å². The summed E-state index contributed by atoms with van der Waals surface area (Å²) < 4.78 is 44.7. The fourth-order valence-corrected chi connectivity index (χ4v) is 3.88. The summed E-state index contributed by atoms with van der Waals surface area (Å²) in [7, 11) is 0. The summed E-state index contributed by atoms with van der Waals surface area (Å²) >= 11 is 5.64. The van der Waals surface area contributed by atoms with Gasteiger partial charge in [0, 0.05) is 36.2 Å². The summed E-state index contributed by atoms with van der Waals surface area (Å²) in [5.41, 5.74) is 0.828. The fraction of sp³-hybridized carbons (Fsp3) is 0.292. The summed E-state index contributed by atoms with van der Waals surface area (Å²) in [6.45, 7) is 6.35. The van der Waals surface area contributed by atoms with Crippen molar-refractivity contribution < 1.29 is 22.7 Å². The zero-order valence-corrected chi connectivity index (χ0v) is 20.3. The molecule has 0 atom stereocenters. The van der Waals surface area contributed by atoms with Crippen LogP contribution in [0.25, 0.3) is 0 Å². The molecule has 0 spiro atoms. The Morgan fingerprint density at radius 3 is 2.44 bits per heavy atom. The molecule has 1 aliphatic heterocycles. The van der Waals surface area contributed by atoms with Gasteiger partial charge in [0.2, 0.25) is 0 Å². The van der Waals surface area contributed by atoms with Gasteiger partial charge in [-0.05, 0) is 49.7 Å². The molecule has 2 amide bonds. The van der Waals surface area contributed by atoms with Crippen molar-refractivity contribution in [3.05, 3.63) is 64.4 Å². The molecule has 0 aliphatic carbocycles. The van der Waals surface area contributed by atoms with E-state index in [0.29, 0.717) is 36.2 Å². The van der Waals surface area contributed by atoms with Gasteiger partial charge in [-0.2, -0.15) is 13.2 Å². The third-order valence-electron chi connectivity index (χ3n) is 5.45. The van der Waals surface area contributed by atoms with E-state index in [1.807, 2.05) is 19.1 Å². The minimum atomic E-state index is -4.64. The van der Waals surface area contributed by atoms with E-state index < -0.39 is 22.8 Å². The van der Waals surface area contributed by atoms with Crippen molar-refractivity contribution >= 4 is 46.3 Å². The number of rotatable bonds is 5. The van der Waals surface area contributed by atoms with Gasteiger partial charge in [0.1, 0.15) is 17.5 Å². The van der Waals surface area contributed by atoms with Crippen LogP contribution in [0.3, 0.4) is 0 Å². The van der Waals surface area contributed by atoms with E-state index in [1.165, 1.54) is 6.07 Å². The molecule has 12 heteroatoms. The van der Waals surface area contributed by atoms with Gasteiger partial charge in [-0.15, -0.1) is 0 Å². The smallest absolute Gasteiger partial charge is 0.378 e. The maximum atomic E-state index is 13.1. The van der Waals surface area contributed by atoms with Gasteiger partial charge in [-0.1, -0.05) is 17.7 Å². The number of ether oxygens (including phenoxy) is 1. The number of morpholine rings is 1. The number of alkyl halides is 3. The number of hydrogen-bond acceptors (Lipinski definition) is 6. The minimum Gasteiger partial charge on any atom is -0.378 e. The maximum Gasteiger partial charge on any atom is 0.417 e. The van der Waals surface area contributed by atoms with Crippen LogP contribution in [0.15, 0.2) is 42.5 Å². The first-order chi connectivity index (χ1) is 17.1. The van der Waals surface area contributed by atoms with Gasteiger partial charge < -0.3 is 25.6 Å². The normalized spacial score (nSPS) is 13.9. The van der Waals surface area contributed by atoms with Gasteiger partial charge in [0.25, 0.3) is 0 Å². The molecule has 3 aromatic rings. The Balaban J connectivity index is 1.47. The van der Waals surface area contributed by atoms with Crippen molar-refractivity contribution in [3.8, 4) is 0 Å². The number of aromatic nitrogens is 2. The Labute approximate surface area is 210 Å². The maximum absolute atomic E-state index is 13.1. The summed E-state index contributed by atoms with van der Waals surface area (Å²) in [5, 5.41) is 7.87. The molecular weight excluding hydrogens is 497 g/mol. The molecule has 8 nitrogen and oxygen atoms in total. The molecule has 2 aromatic carbocycles. The molecule has 0 saturated carbocycles. The van der Waals surface area contributed by atoms with E-state index in [-0.39, 0.29) is 5.69 Å². The Kier molecular flexibility index (Phi) is 7.51. The van der Waals surface area contributed by atoms with E-state index in [1.54, 1.807) is 19.1 Å². The molecule has 1 saturated heterocycles. The van der Waals surface area contributed by atoms with E-state index in [2.05, 4.69) is 30.8 Å². The van der Waals surface area contributed by atoms with E-state index in [0.717, 1.165) is 36.6 Å². The molecule has 4 rings (SSSR count). The first-order valence-corrected chi connectivity index (χ1v) is 11.5. The predicted octanol–water partition coefficient (Wildman–Crippen LogP) is 5.99. The van der Waals surface area contributed by atoms with Crippen LogP contribution in [-0.2, 0) is 10.9 Å². The van der Waals surface area contributed by atoms with Gasteiger partial charge in [0.05, 0.1) is 23.8 Å². The number of aryl methyl sites for hydroxylation is 2.